The van der Waals surface area contributed by atoms with E-state index in [9.17, 15) is 13.2 Å². The first-order valence-corrected chi connectivity index (χ1v) is 6.17. The third-order valence-corrected chi connectivity index (χ3v) is 4.80. The van der Waals surface area contributed by atoms with Gasteiger partial charge in [-0.2, -0.15) is 0 Å². The number of sulfone groups is 1. The Morgan fingerprint density at radius 2 is 2.15 bits per heavy atom. The van der Waals surface area contributed by atoms with Crippen LogP contribution in [0.1, 0.15) is 26.7 Å². The lowest BCUT2D eigenvalue weighted by Gasteiger charge is -2.16. The third-order valence-electron chi connectivity index (χ3n) is 2.41. The first-order chi connectivity index (χ1) is 5.97. The summed E-state index contributed by atoms with van der Waals surface area (Å²) >= 11 is 0. The summed E-state index contributed by atoms with van der Waals surface area (Å²) in [5.41, 5.74) is 0. The SMILES string of the molecule is CC[C@@H]1[C@H](NC(C)=O)CCS1(=O)=O. The summed E-state index contributed by atoms with van der Waals surface area (Å²) in [5, 5.41) is 2.30. The molecule has 13 heavy (non-hydrogen) atoms. The largest absolute Gasteiger partial charge is 0.352 e. The summed E-state index contributed by atoms with van der Waals surface area (Å²) < 4.78 is 22.9. The van der Waals surface area contributed by atoms with Crippen molar-refractivity contribution in [1.29, 1.82) is 0 Å². The summed E-state index contributed by atoms with van der Waals surface area (Å²) in [7, 11) is -2.95. The summed E-state index contributed by atoms with van der Waals surface area (Å²) in [6, 6.07) is -0.174. The number of carbonyl (C=O) groups is 1. The Labute approximate surface area is 78.6 Å². The van der Waals surface area contributed by atoms with Gasteiger partial charge in [0.15, 0.2) is 9.84 Å². The number of hydrogen-bond acceptors (Lipinski definition) is 3. The number of amides is 1. The van der Waals surface area contributed by atoms with Crippen LogP contribution in [-0.2, 0) is 14.6 Å². The van der Waals surface area contributed by atoms with Crippen molar-refractivity contribution in [3.05, 3.63) is 0 Å². The standard InChI is InChI=1S/C8H15NO3S/c1-3-8-7(9-6(2)10)4-5-13(8,11)12/h7-8H,3-5H2,1-2H3,(H,9,10)/t7-,8-/m1/s1. The monoisotopic (exact) mass is 205 g/mol. The molecule has 0 aromatic carbocycles. The maximum absolute atomic E-state index is 11.4. The molecule has 1 amide bonds. The van der Waals surface area contributed by atoms with Crippen LogP contribution < -0.4 is 5.32 Å². The van der Waals surface area contributed by atoms with E-state index in [4.69, 9.17) is 0 Å². The van der Waals surface area contributed by atoms with Crippen LogP contribution in [0.25, 0.3) is 0 Å². The Bertz CT molecular complexity index is 297. The van der Waals surface area contributed by atoms with Gasteiger partial charge >= 0.3 is 0 Å². The van der Waals surface area contributed by atoms with E-state index in [0.717, 1.165) is 0 Å². The minimum atomic E-state index is -2.95. The molecular weight excluding hydrogens is 190 g/mol. The topological polar surface area (TPSA) is 63.2 Å². The van der Waals surface area contributed by atoms with Gasteiger partial charge in [0.05, 0.1) is 11.0 Å². The lowest BCUT2D eigenvalue weighted by molar-refractivity contribution is -0.119. The van der Waals surface area contributed by atoms with Crippen LogP contribution in [0, 0.1) is 0 Å². The van der Waals surface area contributed by atoms with Gasteiger partial charge in [-0.1, -0.05) is 6.92 Å². The van der Waals surface area contributed by atoms with Crippen LogP contribution >= 0.6 is 0 Å². The average Bonchev–Trinajstić information content (AvgIpc) is 2.25. The Morgan fingerprint density at radius 1 is 1.54 bits per heavy atom. The molecule has 1 N–H and O–H groups in total. The predicted octanol–water partition coefficient (Wildman–Crippen LogP) is 0.0882. The highest BCUT2D eigenvalue weighted by Gasteiger charge is 2.38. The molecule has 1 saturated heterocycles. The number of rotatable bonds is 2. The summed E-state index contributed by atoms with van der Waals surface area (Å²) in [4.78, 5) is 10.8. The van der Waals surface area contributed by atoms with Crippen LogP contribution in [0.15, 0.2) is 0 Å². The van der Waals surface area contributed by atoms with Crippen molar-refractivity contribution in [2.45, 2.75) is 38.0 Å². The van der Waals surface area contributed by atoms with Gasteiger partial charge in [-0.3, -0.25) is 4.79 Å². The van der Waals surface area contributed by atoms with Gasteiger partial charge < -0.3 is 5.32 Å². The first-order valence-electron chi connectivity index (χ1n) is 4.46. The molecule has 76 valence electrons. The second-order valence-corrected chi connectivity index (χ2v) is 5.75. The van der Waals surface area contributed by atoms with E-state index in [1.807, 2.05) is 6.92 Å². The highest BCUT2D eigenvalue weighted by Crippen LogP contribution is 2.23. The summed E-state index contributed by atoms with van der Waals surface area (Å²) in [6.45, 7) is 3.25. The Kier molecular flexibility index (Phi) is 2.95. The highest BCUT2D eigenvalue weighted by atomic mass is 32.2. The minimum Gasteiger partial charge on any atom is -0.352 e. The van der Waals surface area contributed by atoms with Crippen LogP contribution in [0.2, 0.25) is 0 Å². The predicted molar refractivity (Wildman–Crippen MR) is 50.1 cm³/mol. The minimum absolute atomic E-state index is 0.152. The molecule has 5 heteroatoms. The van der Waals surface area contributed by atoms with E-state index in [0.29, 0.717) is 12.8 Å². The van der Waals surface area contributed by atoms with Crippen molar-refractivity contribution in [3.63, 3.8) is 0 Å². The van der Waals surface area contributed by atoms with Crippen molar-refractivity contribution in [2.75, 3.05) is 5.75 Å². The van der Waals surface area contributed by atoms with Crippen LogP contribution in [0.4, 0.5) is 0 Å². The second kappa shape index (κ2) is 3.65. The second-order valence-electron chi connectivity index (χ2n) is 3.41. The molecule has 0 bridgehead atoms. The maximum atomic E-state index is 11.4. The fourth-order valence-corrected chi connectivity index (χ4v) is 3.94. The van der Waals surface area contributed by atoms with Gasteiger partial charge in [0, 0.05) is 13.0 Å². The Balaban J connectivity index is 2.74. The van der Waals surface area contributed by atoms with Gasteiger partial charge in [0.25, 0.3) is 0 Å². The molecule has 0 aromatic heterocycles. The molecule has 1 aliphatic rings. The Hall–Kier alpha value is -0.580. The molecule has 0 spiro atoms. The molecule has 1 aliphatic heterocycles. The molecule has 0 unspecified atom stereocenters. The average molecular weight is 205 g/mol. The van der Waals surface area contributed by atoms with Crippen LogP contribution in [0.3, 0.4) is 0 Å². The first kappa shape index (κ1) is 10.5. The molecule has 0 radical (unpaired) electrons. The zero-order chi connectivity index (χ0) is 10.1. The van der Waals surface area contributed by atoms with E-state index >= 15 is 0 Å². The molecule has 2 atom stereocenters. The van der Waals surface area contributed by atoms with Crippen LogP contribution in [-0.4, -0.2) is 31.4 Å². The van der Waals surface area contributed by atoms with E-state index < -0.39 is 9.84 Å². The molecule has 1 rings (SSSR count). The third kappa shape index (κ3) is 2.21. The van der Waals surface area contributed by atoms with Crippen molar-refractivity contribution in [1.82, 2.24) is 5.32 Å². The van der Waals surface area contributed by atoms with Crippen molar-refractivity contribution in [2.24, 2.45) is 0 Å². The number of carbonyl (C=O) groups excluding carboxylic acids is 1. The number of nitrogens with one attached hydrogen (secondary N) is 1. The Morgan fingerprint density at radius 3 is 2.62 bits per heavy atom. The van der Waals surface area contributed by atoms with Crippen molar-refractivity contribution >= 4 is 15.7 Å². The van der Waals surface area contributed by atoms with E-state index in [2.05, 4.69) is 5.32 Å². The zero-order valence-corrected chi connectivity index (χ0v) is 8.73. The smallest absolute Gasteiger partial charge is 0.217 e. The molecule has 0 aromatic rings. The van der Waals surface area contributed by atoms with Gasteiger partial charge in [-0.05, 0) is 12.8 Å². The molecule has 1 heterocycles. The fourth-order valence-electron chi connectivity index (χ4n) is 1.84. The molecular formula is C8H15NO3S. The maximum Gasteiger partial charge on any atom is 0.217 e. The zero-order valence-electron chi connectivity index (χ0n) is 7.91. The lowest BCUT2D eigenvalue weighted by atomic mass is 10.1. The lowest BCUT2D eigenvalue weighted by Crippen LogP contribution is -2.40. The fraction of sp³-hybridized carbons (Fsp3) is 0.875. The van der Waals surface area contributed by atoms with E-state index in [-0.39, 0.29) is 23.0 Å². The highest BCUT2D eigenvalue weighted by molar-refractivity contribution is 7.92. The summed E-state index contributed by atoms with van der Waals surface area (Å²) in [5.74, 6) is 0.0525. The van der Waals surface area contributed by atoms with Gasteiger partial charge in [-0.25, -0.2) is 8.42 Å². The van der Waals surface area contributed by atoms with E-state index in [1.165, 1.54) is 6.92 Å². The van der Waals surface area contributed by atoms with Crippen molar-refractivity contribution in [3.8, 4) is 0 Å². The van der Waals surface area contributed by atoms with Crippen LogP contribution in [0.5, 0.6) is 0 Å². The van der Waals surface area contributed by atoms with Gasteiger partial charge in [-0.15, -0.1) is 0 Å². The van der Waals surface area contributed by atoms with E-state index in [1.54, 1.807) is 0 Å². The van der Waals surface area contributed by atoms with Gasteiger partial charge in [0.1, 0.15) is 0 Å². The molecule has 0 aliphatic carbocycles. The van der Waals surface area contributed by atoms with Crippen molar-refractivity contribution < 1.29 is 13.2 Å². The summed E-state index contributed by atoms with van der Waals surface area (Å²) in [6.07, 6.45) is 1.13. The molecule has 0 saturated carbocycles. The quantitative estimate of drug-likeness (QED) is 0.695. The number of hydrogen-bond donors (Lipinski definition) is 1. The molecule has 4 nitrogen and oxygen atoms in total. The van der Waals surface area contributed by atoms with Gasteiger partial charge in [0.2, 0.25) is 5.91 Å². The normalized spacial score (nSPS) is 31.5. The molecule has 1 fully saturated rings.